The normalized spacial score (nSPS) is 9.96. The minimum Gasteiger partial charge on any atom is -0.508 e. The predicted octanol–water partition coefficient (Wildman–Crippen LogP) is 11.2. The molecule has 9 aromatic rings. The maximum absolute atomic E-state index is 10.6. The number of aryl methyl sites for hydroxylation is 3. The minimum atomic E-state index is -1.29. The first-order valence-electron chi connectivity index (χ1n) is 30.5. The van der Waals surface area contributed by atoms with Gasteiger partial charge in [-0.15, -0.1) is 0 Å². The van der Waals surface area contributed by atoms with E-state index in [1.165, 1.54) is 143 Å². The van der Waals surface area contributed by atoms with E-state index in [4.69, 9.17) is 111 Å². The number of carboxylic acid groups (broad SMARTS) is 9. The zero-order chi connectivity index (χ0) is 84.5. The van der Waals surface area contributed by atoms with Crippen LogP contribution in [0.15, 0.2) is 182 Å². The van der Waals surface area contributed by atoms with Gasteiger partial charge in [-0.05, 0) is 217 Å². The van der Waals surface area contributed by atoms with Crippen LogP contribution in [0.1, 0.15) is 90.7 Å². The topological polar surface area (TPSA) is 626 Å². The molecule has 9 rings (SSSR count). The fraction of sp³-hybridized carbons (Fsp3) is 0.0779. The van der Waals surface area contributed by atoms with E-state index in [-0.39, 0.29) is 91.1 Å². The van der Waals surface area contributed by atoms with Gasteiger partial charge in [0.2, 0.25) is 0 Å². The van der Waals surface area contributed by atoms with Crippen LogP contribution < -0.4 is 14.2 Å². The molecule has 586 valence electrons. The number of hydrogen-bond donors (Lipinski definition) is 22. The van der Waals surface area contributed by atoms with Gasteiger partial charge < -0.3 is 127 Å². The third-order valence-corrected chi connectivity index (χ3v) is 13.1. The highest BCUT2D eigenvalue weighted by Crippen LogP contribution is 2.36. The van der Waals surface area contributed by atoms with Gasteiger partial charge in [0.1, 0.15) is 17.2 Å². The van der Waals surface area contributed by atoms with E-state index in [2.05, 4.69) is 0 Å². The van der Waals surface area contributed by atoms with Crippen molar-refractivity contribution in [3.63, 3.8) is 0 Å². The predicted molar refractivity (Wildman–Crippen MR) is 395 cm³/mol. The van der Waals surface area contributed by atoms with Crippen molar-refractivity contribution in [1.29, 1.82) is 0 Å². The smallest absolute Gasteiger partial charge is 0.335 e. The Balaban J connectivity index is 0.000000625. The zero-order valence-corrected chi connectivity index (χ0v) is 58.9. The molecule has 0 spiro atoms. The van der Waals surface area contributed by atoms with Gasteiger partial charge in [-0.2, -0.15) is 0 Å². The molecule has 0 heterocycles. The van der Waals surface area contributed by atoms with Crippen LogP contribution in [-0.2, 0) is 19.2 Å². The number of rotatable bonds is 16. The number of carboxylic acids is 9. The average molecular weight is 1540 g/mol. The lowest BCUT2D eigenvalue weighted by molar-refractivity contribution is -0.132. The fourth-order valence-electron chi connectivity index (χ4n) is 7.61. The van der Waals surface area contributed by atoms with Gasteiger partial charge in [0.25, 0.3) is 0 Å². The number of ether oxygens (including phenoxy) is 3. The Morgan fingerprint density at radius 3 is 0.919 bits per heavy atom. The van der Waals surface area contributed by atoms with Gasteiger partial charge in [0.15, 0.2) is 74.7 Å². The van der Waals surface area contributed by atoms with E-state index in [0.717, 1.165) is 70.8 Å². The van der Waals surface area contributed by atoms with E-state index in [9.17, 15) is 58.5 Å². The van der Waals surface area contributed by atoms with Crippen molar-refractivity contribution < 1.29 is 170 Å². The maximum atomic E-state index is 10.6. The Morgan fingerprint density at radius 1 is 0.243 bits per heavy atom. The largest absolute Gasteiger partial charge is 0.508 e. The lowest BCUT2D eigenvalue weighted by atomic mass is 10.1. The molecule has 34 nitrogen and oxygen atoms in total. The summed E-state index contributed by atoms with van der Waals surface area (Å²) in [7, 11) is 4.17. The van der Waals surface area contributed by atoms with Crippen molar-refractivity contribution in [3.05, 3.63) is 249 Å². The molecular formula is C77H74O34. The molecule has 0 aliphatic rings. The number of benzene rings is 9. The number of aromatic carboxylic acids is 5. The first-order chi connectivity index (χ1) is 51.9. The summed E-state index contributed by atoms with van der Waals surface area (Å²) in [5.41, 5.74) is 4.69. The second-order valence-corrected chi connectivity index (χ2v) is 21.3. The molecule has 0 aliphatic heterocycles. The van der Waals surface area contributed by atoms with Crippen LogP contribution in [0.4, 0.5) is 0 Å². The van der Waals surface area contributed by atoms with E-state index in [0.29, 0.717) is 22.4 Å². The van der Waals surface area contributed by atoms with Crippen LogP contribution in [0.3, 0.4) is 0 Å². The number of methoxy groups -OCH3 is 3. The summed E-state index contributed by atoms with van der Waals surface area (Å²) in [5, 5.41) is 193. The minimum absolute atomic E-state index is 0.0208. The molecule has 34 heteroatoms. The lowest BCUT2D eigenvalue weighted by Gasteiger charge is -2.06. The highest BCUT2D eigenvalue weighted by atomic mass is 16.5. The maximum Gasteiger partial charge on any atom is 0.335 e. The van der Waals surface area contributed by atoms with E-state index in [1.807, 2.05) is 0 Å². The quantitative estimate of drug-likeness (QED) is 0.0315. The highest BCUT2D eigenvalue weighted by Gasteiger charge is 2.14. The Kier molecular flexibility index (Phi) is 39.1. The summed E-state index contributed by atoms with van der Waals surface area (Å²) in [6, 6.07) is 35.3. The molecule has 22 N–H and O–H groups in total. The van der Waals surface area contributed by atoms with Gasteiger partial charge in [-0.1, -0.05) is 24.3 Å². The van der Waals surface area contributed by atoms with Crippen LogP contribution in [0.25, 0.3) is 24.3 Å². The molecular weight excluding hydrogens is 1470 g/mol. The summed E-state index contributed by atoms with van der Waals surface area (Å²) in [4.78, 5) is 92.6. The van der Waals surface area contributed by atoms with Gasteiger partial charge in [0.05, 0.1) is 49.1 Å². The van der Waals surface area contributed by atoms with Crippen molar-refractivity contribution in [2.75, 3.05) is 21.3 Å². The third kappa shape index (κ3) is 35.3. The van der Waals surface area contributed by atoms with Crippen LogP contribution in [0.2, 0.25) is 0 Å². The lowest BCUT2D eigenvalue weighted by Crippen LogP contribution is -1.98. The molecule has 0 amide bonds. The van der Waals surface area contributed by atoms with Gasteiger partial charge in [0, 0.05) is 24.3 Å². The Morgan fingerprint density at radius 2 is 0.532 bits per heavy atom. The number of carbonyl (C=O) groups is 9. The molecule has 0 bridgehead atoms. The molecule has 0 saturated carbocycles. The second-order valence-electron chi connectivity index (χ2n) is 21.3. The van der Waals surface area contributed by atoms with Crippen LogP contribution in [0.5, 0.6) is 92.0 Å². The van der Waals surface area contributed by atoms with E-state index >= 15 is 0 Å². The summed E-state index contributed by atoms with van der Waals surface area (Å²) < 4.78 is 14.4. The molecule has 0 saturated heterocycles. The van der Waals surface area contributed by atoms with Crippen molar-refractivity contribution in [1.82, 2.24) is 0 Å². The standard InChI is InChI=1S/C11H12O3.C10H10O4.C9H10O4.C9H8O4.C9H8O3.C8H8O4.C7H6O5.C7H6O4.C7H6O3/c1-7-5-9(3-4-10(12)13)6-8(2)11(7)14;1-14-9-6-7(2-4-8(9)11)3-5-10(12)13;1-5-3-6(9(11)12)4-7(13-2)8(5)10;10-7-3-1-6(5-8(7)11)2-4-9(12)13;10-8-4-1-7(2-5-8)3-6-9(11)12;1-12-7-4-5(8(10)11)2-3-6(7)9;8-4-1-3(7(11)12)2-5(9)6(4)10;8-5-2-1-4(7(10)11)3-6(5)9;8-6-3-1-5(2-4-6)7(9)10/h3-6,14H,1-2H3,(H,12,13);2-6,11H,1H3,(H,12,13);3-4,10H,1-2H3,(H,11,12);1-5,10-11H,(H,12,13);1-6,10H,(H,11,12);2-4,9H,1H3,(H,10,11);1-2,8-10H,(H,11,12);1-3,8-9H,(H,10,11);1-4,8H,(H,9,10)/b4-3+;5-3+;;4-2+;6-3+;;;;. The Hall–Kier alpha value is -16.0. The number of phenols is 13. The summed E-state index contributed by atoms with van der Waals surface area (Å²) >= 11 is 0. The molecule has 0 unspecified atom stereocenters. The molecule has 0 aliphatic carbocycles. The summed E-state index contributed by atoms with van der Waals surface area (Å²) in [5.74, 6) is -11.7. The van der Waals surface area contributed by atoms with Gasteiger partial charge in [-0.25, -0.2) is 43.2 Å². The van der Waals surface area contributed by atoms with E-state index < -0.39 is 76.7 Å². The van der Waals surface area contributed by atoms with Crippen LogP contribution in [0, 0.1) is 20.8 Å². The summed E-state index contributed by atoms with van der Waals surface area (Å²) in [6.45, 7) is 5.17. The summed E-state index contributed by atoms with van der Waals surface area (Å²) in [6.07, 6.45) is 9.80. The average Bonchev–Trinajstić information content (AvgIpc) is 1.07. The Bertz CT molecular complexity index is 4790. The van der Waals surface area contributed by atoms with Gasteiger partial charge in [-0.3, -0.25) is 0 Å². The second kappa shape index (κ2) is 46.6. The third-order valence-electron chi connectivity index (χ3n) is 13.1. The van der Waals surface area contributed by atoms with E-state index in [1.54, 1.807) is 57.2 Å². The van der Waals surface area contributed by atoms with Crippen molar-refractivity contribution in [2.24, 2.45) is 0 Å². The van der Waals surface area contributed by atoms with Crippen LogP contribution >= 0.6 is 0 Å². The fourth-order valence-corrected chi connectivity index (χ4v) is 7.61. The van der Waals surface area contributed by atoms with Crippen molar-refractivity contribution in [2.45, 2.75) is 20.8 Å². The molecule has 9 aromatic carbocycles. The van der Waals surface area contributed by atoms with Crippen molar-refractivity contribution in [3.8, 4) is 92.0 Å². The van der Waals surface area contributed by atoms with Crippen LogP contribution in [-0.4, -0.2) is 187 Å². The number of aliphatic carboxylic acids is 4. The molecule has 111 heavy (non-hydrogen) atoms. The highest BCUT2D eigenvalue weighted by molar-refractivity contribution is 5.92. The SMILES string of the molecule is COc1cc(/C=C/C(=O)O)ccc1O.COc1cc(C(=O)O)cc(C)c1O.COc1cc(C(=O)O)ccc1O.Cc1cc(/C=C/C(=O)O)cc(C)c1O.O=C(O)/C=C/c1ccc(O)c(O)c1.O=C(O)/C=C/c1ccc(O)cc1.O=C(O)c1cc(O)c(O)c(O)c1.O=C(O)c1ccc(O)c(O)c1.O=C(O)c1ccc(O)cc1. The van der Waals surface area contributed by atoms with Gasteiger partial charge >= 0.3 is 53.7 Å². The number of phenolic OH excluding ortho intramolecular Hbond substituents is 13. The first kappa shape index (κ1) is 93.0. The zero-order valence-electron chi connectivity index (χ0n) is 58.9. The number of hydrogen-bond acceptors (Lipinski definition) is 25. The molecule has 0 atom stereocenters. The first-order valence-corrected chi connectivity index (χ1v) is 30.5. The Labute approximate surface area is 628 Å². The molecule has 0 radical (unpaired) electrons. The molecule has 0 aromatic heterocycles. The van der Waals surface area contributed by atoms with Crippen molar-refractivity contribution >= 4 is 78.0 Å². The monoisotopic (exact) mass is 1540 g/mol. The molecule has 0 fully saturated rings. The number of aromatic hydroxyl groups is 13.